The summed E-state index contributed by atoms with van der Waals surface area (Å²) in [7, 11) is 0. The van der Waals surface area contributed by atoms with Gasteiger partial charge in [-0.2, -0.15) is 5.26 Å². The van der Waals surface area contributed by atoms with Crippen LogP contribution in [0.25, 0.3) is 0 Å². The van der Waals surface area contributed by atoms with E-state index in [-0.39, 0.29) is 6.61 Å². The molecule has 19 heavy (non-hydrogen) atoms. The summed E-state index contributed by atoms with van der Waals surface area (Å²) >= 11 is 3.30. The Bertz CT molecular complexity index is 533. The van der Waals surface area contributed by atoms with Crippen molar-refractivity contribution in [3.63, 3.8) is 0 Å². The maximum Gasteiger partial charge on any atom is 0.338 e. The molecule has 0 aromatic heterocycles. The van der Waals surface area contributed by atoms with E-state index >= 15 is 0 Å². The van der Waals surface area contributed by atoms with Crippen LogP contribution < -0.4 is 5.73 Å². The number of nitrogen functional groups attached to an aromatic ring is 1. The minimum absolute atomic E-state index is 0.214. The van der Waals surface area contributed by atoms with E-state index in [1.165, 1.54) is 0 Å². The van der Waals surface area contributed by atoms with E-state index in [0.29, 0.717) is 23.2 Å². The van der Waals surface area contributed by atoms with Crippen LogP contribution in [0.15, 0.2) is 16.6 Å². The van der Waals surface area contributed by atoms with Gasteiger partial charge in [-0.05, 0) is 44.9 Å². The molecule has 0 saturated heterocycles. The number of hydrogen-bond acceptors (Lipinski definition) is 4. The average Bonchev–Trinajstić information content (AvgIpc) is 2.33. The van der Waals surface area contributed by atoms with Crippen molar-refractivity contribution in [2.24, 2.45) is 5.41 Å². The fourth-order valence-electron chi connectivity index (χ4n) is 1.44. The van der Waals surface area contributed by atoms with Crippen molar-refractivity contribution in [1.29, 1.82) is 5.26 Å². The molecule has 0 aliphatic rings. The van der Waals surface area contributed by atoms with Crippen molar-refractivity contribution >= 4 is 27.6 Å². The van der Waals surface area contributed by atoms with Crippen molar-refractivity contribution in [1.82, 2.24) is 0 Å². The number of anilines is 1. The zero-order valence-electron chi connectivity index (χ0n) is 11.3. The first-order chi connectivity index (χ1) is 8.76. The summed E-state index contributed by atoms with van der Waals surface area (Å²) in [4.78, 5) is 12.0. The van der Waals surface area contributed by atoms with E-state index in [9.17, 15) is 4.79 Å². The summed E-state index contributed by atoms with van der Waals surface area (Å²) in [6.45, 7) is 5.61. The molecule has 0 unspecified atom stereocenters. The van der Waals surface area contributed by atoms with Crippen LogP contribution in [0.4, 0.5) is 5.69 Å². The largest absolute Gasteiger partial charge is 0.462 e. The first kappa shape index (κ1) is 15.5. The van der Waals surface area contributed by atoms with E-state index < -0.39 is 11.4 Å². The molecule has 1 rings (SSSR count). The molecule has 5 heteroatoms. The average molecular weight is 325 g/mol. The maximum atomic E-state index is 12.0. The number of nitrogens with two attached hydrogens (primary N) is 1. The number of carbonyl (C=O) groups is 1. The minimum Gasteiger partial charge on any atom is -0.462 e. The van der Waals surface area contributed by atoms with E-state index in [0.717, 1.165) is 4.47 Å². The number of benzene rings is 1. The summed E-state index contributed by atoms with van der Waals surface area (Å²) in [5.41, 5.74) is 6.99. The van der Waals surface area contributed by atoms with Gasteiger partial charge in [0, 0.05) is 10.2 Å². The van der Waals surface area contributed by atoms with Crippen LogP contribution in [-0.2, 0) is 4.74 Å². The van der Waals surface area contributed by atoms with Gasteiger partial charge in [0.2, 0.25) is 0 Å². The summed E-state index contributed by atoms with van der Waals surface area (Å²) < 4.78 is 5.93. The lowest BCUT2D eigenvalue weighted by atomic mass is 9.92. The number of nitriles is 1. The van der Waals surface area contributed by atoms with Crippen molar-refractivity contribution in [2.75, 3.05) is 12.3 Å². The van der Waals surface area contributed by atoms with Gasteiger partial charge in [-0.25, -0.2) is 4.79 Å². The van der Waals surface area contributed by atoms with Crippen molar-refractivity contribution in [3.8, 4) is 6.07 Å². The standard InChI is InChI=1S/C14H17BrN2O2/c1-9-11(6-10(15)7-12(9)17)13(18)19-5-4-14(2,3)8-16/h6-7H,4-5,17H2,1-3H3. The Hall–Kier alpha value is -1.54. The first-order valence-corrected chi connectivity index (χ1v) is 6.70. The molecular weight excluding hydrogens is 308 g/mol. The SMILES string of the molecule is Cc1c(N)cc(Br)cc1C(=O)OCCC(C)(C)C#N. The number of ether oxygens (including phenoxy) is 1. The van der Waals surface area contributed by atoms with Crippen LogP contribution in [0, 0.1) is 23.7 Å². The molecule has 0 amide bonds. The van der Waals surface area contributed by atoms with Gasteiger partial charge in [0.25, 0.3) is 0 Å². The lowest BCUT2D eigenvalue weighted by Gasteiger charge is -2.15. The van der Waals surface area contributed by atoms with Crippen LogP contribution in [0.1, 0.15) is 36.2 Å². The molecule has 0 heterocycles. The number of esters is 1. The van der Waals surface area contributed by atoms with E-state index in [1.807, 2.05) is 13.8 Å². The Morgan fingerprint density at radius 1 is 1.53 bits per heavy atom. The Balaban J connectivity index is 2.73. The molecular formula is C14H17BrN2O2. The fraction of sp³-hybridized carbons (Fsp3) is 0.429. The Morgan fingerprint density at radius 3 is 2.74 bits per heavy atom. The highest BCUT2D eigenvalue weighted by atomic mass is 79.9. The summed E-state index contributed by atoms with van der Waals surface area (Å²) in [6.07, 6.45) is 0.498. The highest BCUT2D eigenvalue weighted by molar-refractivity contribution is 9.10. The monoisotopic (exact) mass is 324 g/mol. The molecule has 0 saturated carbocycles. The number of nitrogens with zero attached hydrogens (tertiary/aromatic N) is 1. The van der Waals surface area contributed by atoms with E-state index in [4.69, 9.17) is 15.7 Å². The first-order valence-electron chi connectivity index (χ1n) is 5.91. The number of carbonyl (C=O) groups excluding carboxylic acids is 1. The van der Waals surface area contributed by atoms with Gasteiger partial charge in [-0.1, -0.05) is 15.9 Å². The molecule has 2 N–H and O–H groups in total. The second kappa shape index (κ2) is 6.07. The number of hydrogen-bond donors (Lipinski definition) is 1. The van der Waals surface area contributed by atoms with Crippen molar-refractivity contribution < 1.29 is 9.53 Å². The molecule has 0 atom stereocenters. The van der Waals surface area contributed by atoms with Crippen LogP contribution >= 0.6 is 15.9 Å². The zero-order chi connectivity index (χ0) is 14.6. The Kier molecular flexibility index (Phi) is 4.96. The lowest BCUT2D eigenvalue weighted by molar-refractivity contribution is 0.0474. The highest BCUT2D eigenvalue weighted by Crippen LogP contribution is 2.24. The van der Waals surface area contributed by atoms with Gasteiger partial charge < -0.3 is 10.5 Å². The van der Waals surface area contributed by atoms with Crippen LogP contribution in [-0.4, -0.2) is 12.6 Å². The van der Waals surface area contributed by atoms with Crippen molar-refractivity contribution in [2.45, 2.75) is 27.2 Å². The maximum absolute atomic E-state index is 12.0. The zero-order valence-corrected chi connectivity index (χ0v) is 12.9. The third-order valence-corrected chi connectivity index (χ3v) is 3.35. The van der Waals surface area contributed by atoms with Gasteiger partial charge in [0.1, 0.15) is 0 Å². The molecule has 4 nitrogen and oxygen atoms in total. The number of rotatable bonds is 4. The van der Waals surface area contributed by atoms with E-state index in [2.05, 4.69) is 22.0 Å². The second-order valence-electron chi connectivity index (χ2n) is 5.05. The van der Waals surface area contributed by atoms with Crippen molar-refractivity contribution in [3.05, 3.63) is 27.7 Å². The molecule has 0 bridgehead atoms. The molecule has 0 aliphatic carbocycles. The molecule has 1 aromatic rings. The lowest BCUT2D eigenvalue weighted by Crippen LogP contribution is -2.15. The fourth-order valence-corrected chi connectivity index (χ4v) is 1.92. The minimum atomic E-state index is -0.494. The predicted octanol–water partition coefficient (Wildman–Crippen LogP) is 3.44. The molecule has 0 fully saturated rings. The number of halogens is 1. The summed E-state index contributed by atoms with van der Waals surface area (Å²) in [5.74, 6) is -0.417. The summed E-state index contributed by atoms with van der Waals surface area (Å²) in [5, 5.41) is 8.88. The second-order valence-corrected chi connectivity index (χ2v) is 5.96. The summed E-state index contributed by atoms with van der Waals surface area (Å²) in [6, 6.07) is 5.59. The van der Waals surface area contributed by atoms with Crippen LogP contribution in [0.2, 0.25) is 0 Å². The van der Waals surface area contributed by atoms with Gasteiger partial charge >= 0.3 is 5.97 Å². The third kappa shape index (κ3) is 4.25. The predicted molar refractivity (Wildman–Crippen MR) is 77.6 cm³/mol. The van der Waals surface area contributed by atoms with Crippen LogP contribution in [0.5, 0.6) is 0 Å². The molecule has 0 aliphatic heterocycles. The smallest absolute Gasteiger partial charge is 0.338 e. The van der Waals surface area contributed by atoms with E-state index in [1.54, 1.807) is 19.1 Å². The Morgan fingerprint density at radius 2 is 2.16 bits per heavy atom. The molecule has 102 valence electrons. The van der Waals surface area contributed by atoms with Gasteiger partial charge in [0.05, 0.1) is 23.7 Å². The molecule has 0 radical (unpaired) electrons. The van der Waals surface area contributed by atoms with Gasteiger partial charge in [0.15, 0.2) is 0 Å². The van der Waals surface area contributed by atoms with Gasteiger partial charge in [-0.3, -0.25) is 0 Å². The van der Waals surface area contributed by atoms with Crippen LogP contribution in [0.3, 0.4) is 0 Å². The normalized spacial score (nSPS) is 10.9. The molecule has 1 aromatic carbocycles. The third-order valence-electron chi connectivity index (χ3n) is 2.90. The Labute approximate surface area is 121 Å². The topological polar surface area (TPSA) is 76.1 Å². The molecule has 0 spiro atoms. The quantitative estimate of drug-likeness (QED) is 0.679. The highest BCUT2D eigenvalue weighted by Gasteiger charge is 2.19. The van der Waals surface area contributed by atoms with Gasteiger partial charge in [-0.15, -0.1) is 0 Å².